The molecule has 0 heterocycles. The van der Waals surface area contributed by atoms with Gasteiger partial charge in [-0.25, -0.2) is 12.8 Å². The van der Waals surface area contributed by atoms with Gasteiger partial charge in [-0.1, -0.05) is 30.3 Å². The second kappa shape index (κ2) is 7.91. The van der Waals surface area contributed by atoms with Gasteiger partial charge in [0.15, 0.2) is 0 Å². The van der Waals surface area contributed by atoms with Crippen molar-refractivity contribution in [3.63, 3.8) is 0 Å². The fourth-order valence-corrected chi connectivity index (χ4v) is 4.59. The van der Waals surface area contributed by atoms with E-state index in [4.69, 9.17) is 0 Å². The minimum absolute atomic E-state index is 0.0375. The number of hydrogen-bond donors (Lipinski definition) is 1. The molecular weight excluding hydrogens is 403 g/mol. The Morgan fingerprint density at radius 2 is 1.60 bits per heavy atom. The Hall–Kier alpha value is -3.19. The topological polar surface area (TPSA) is 66.5 Å². The minimum atomic E-state index is -3.83. The molecule has 0 aromatic heterocycles. The van der Waals surface area contributed by atoms with E-state index in [9.17, 15) is 17.6 Å². The maximum Gasteiger partial charge on any atom is 0.261 e. The van der Waals surface area contributed by atoms with Gasteiger partial charge in [0.25, 0.3) is 15.9 Å². The second-order valence-electron chi connectivity index (χ2n) is 7.37. The molecule has 154 valence electrons. The highest BCUT2D eigenvalue weighted by atomic mass is 32.2. The Morgan fingerprint density at radius 3 is 2.23 bits per heavy atom. The molecule has 0 aliphatic heterocycles. The standard InChI is InChI=1S/C23H21FN2O3S/c1-26(22-15-21(22)16-5-3-2-4-6-16)23(27)17-7-11-19(12-8-17)25-30(28,29)20-13-9-18(24)10-14-20/h2-14,21-22,25H,15H2,1H3/t21-,22+/m1/s1. The van der Waals surface area contributed by atoms with Gasteiger partial charge in [0.05, 0.1) is 4.90 Å². The van der Waals surface area contributed by atoms with Crippen molar-refractivity contribution in [2.24, 2.45) is 0 Å². The van der Waals surface area contributed by atoms with E-state index in [1.165, 1.54) is 17.7 Å². The molecule has 1 N–H and O–H groups in total. The van der Waals surface area contributed by atoms with E-state index in [-0.39, 0.29) is 16.8 Å². The lowest BCUT2D eigenvalue weighted by Crippen LogP contribution is -2.29. The van der Waals surface area contributed by atoms with Crippen LogP contribution in [0, 0.1) is 5.82 Å². The normalized spacial score (nSPS) is 17.9. The number of benzene rings is 3. The second-order valence-corrected chi connectivity index (χ2v) is 9.06. The smallest absolute Gasteiger partial charge is 0.261 e. The molecule has 1 amide bonds. The number of anilines is 1. The van der Waals surface area contributed by atoms with E-state index >= 15 is 0 Å². The number of carbonyl (C=O) groups excluding carboxylic acids is 1. The van der Waals surface area contributed by atoms with E-state index in [0.717, 1.165) is 18.6 Å². The highest BCUT2D eigenvalue weighted by Crippen LogP contribution is 2.44. The average Bonchev–Trinajstić information content (AvgIpc) is 3.55. The van der Waals surface area contributed by atoms with E-state index in [0.29, 0.717) is 17.2 Å². The van der Waals surface area contributed by atoms with Crippen molar-refractivity contribution in [1.82, 2.24) is 4.90 Å². The van der Waals surface area contributed by atoms with Crippen molar-refractivity contribution in [3.8, 4) is 0 Å². The molecule has 30 heavy (non-hydrogen) atoms. The van der Waals surface area contributed by atoms with Crippen LogP contribution in [-0.4, -0.2) is 32.3 Å². The number of halogens is 1. The van der Waals surface area contributed by atoms with Gasteiger partial charge in [0.2, 0.25) is 0 Å². The molecule has 3 aromatic carbocycles. The van der Waals surface area contributed by atoms with Crippen LogP contribution < -0.4 is 4.72 Å². The largest absolute Gasteiger partial charge is 0.338 e. The van der Waals surface area contributed by atoms with E-state index < -0.39 is 15.8 Å². The first-order valence-electron chi connectivity index (χ1n) is 9.56. The molecule has 7 heteroatoms. The molecule has 4 rings (SSSR count). The van der Waals surface area contributed by atoms with Crippen molar-refractivity contribution in [2.45, 2.75) is 23.3 Å². The van der Waals surface area contributed by atoms with Crippen LogP contribution in [0.4, 0.5) is 10.1 Å². The average molecular weight is 424 g/mol. The maximum atomic E-state index is 13.0. The van der Waals surface area contributed by atoms with Crippen LogP contribution in [0.25, 0.3) is 0 Å². The van der Waals surface area contributed by atoms with Crippen molar-refractivity contribution in [3.05, 3.63) is 95.8 Å². The molecule has 0 radical (unpaired) electrons. The first-order valence-corrected chi connectivity index (χ1v) is 11.0. The summed E-state index contributed by atoms with van der Waals surface area (Å²) in [6.45, 7) is 0. The third kappa shape index (κ3) is 4.21. The number of nitrogens with zero attached hydrogens (tertiary/aromatic N) is 1. The first-order chi connectivity index (χ1) is 14.3. The van der Waals surface area contributed by atoms with Crippen LogP contribution in [0.15, 0.2) is 83.8 Å². The third-order valence-electron chi connectivity index (χ3n) is 5.31. The van der Waals surface area contributed by atoms with Crippen molar-refractivity contribution >= 4 is 21.6 Å². The lowest BCUT2D eigenvalue weighted by Gasteiger charge is -2.18. The molecule has 2 atom stereocenters. The van der Waals surface area contributed by atoms with Crippen molar-refractivity contribution < 1.29 is 17.6 Å². The Balaban J connectivity index is 1.42. The monoisotopic (exact) mass is 424 g/mol. The predicted molar refractivity (Wildman–Crippen MR) is 113 cm³/mol. The molecule has 3 aromatic rings. The van der Waals surface area contributed by atoms with Gasteiger partial charge in [-0.3, -0.25) is 9.52 Å². The highest BCUT2D eigenvalue weighted by molar-refractivity contribution is 7.92. The fourth-order valence-electron chi connectivity index (χ4n) is 3.53. The number of sulfonamides is 1. The van der Waals surface area contributed by atoms with Crippen molar-refractivity contribution in [2.75, 3.05) is 11.8 Å². The van der Waals surface area contributed by atoms with Crippen LogP contribution in [0.1, 0.15) is 28.3 Å². The molecule has 5 nitrogen and oxygen atoms in total. The number of carbonyl (C=O) groups is 1. The molecule has 1 saturated carbocycles. The van der Waals surface area contributed by atoms with Gasteiger partial charge in [-0.2, -0.15) is 0 Å². The zero-order valence-electron chi connectivity index (χ0n) is 16.3. The summed E-state index contributed by atoms with van der Waals surface area (Å²) in [7, 11) is -2.04. The van der Waals surface area contributed by atoms with Crippen LogP contribution >= 0.6 is 0 Å². The van der Waals surface area contributed by atoms with Gasteiger partial charge >= 0.3 is 0 Å². The summed E-state index contributed by atoms with van der Waals surface area (Å²) in [6.07, 6.45) is 0.932. The number of hydrogen-bond acceptors (Lipinski definition) is 3. The van der Waals surface area contributed by atoms with Crippen molar-refractivity contribution in [1.29, 1.82) is 0 Å². The summed E-state index contributed by atoms with van der Waals surface area (Å²) < 4.78 is 40.3. The Bertz CT molecular complexity index is 1150. The van der Waals surface area contributed by atoms with Crippen LogP contribution in [0.2, 0.25) is 0 Å². The summed E-state index contributed by atoms with van der Waals surface area (Å²) in [5.74, 6) is -0.264. The molecule has 1 fully saturated rings. The van der Waals surface area contributed by atoms with Gasteiger partial charge in [-0.05, 0) is 60.5 Å². The molecular formula is C23H21FN2O3S. The van der Waals surface area contributed by atoms with Gasteiger partial charge < -0.3 is 4.90 Å². The quantitative estimate of drug-likeness (QED) is 0.643. The molecule has 0 saturated heterocycles. The summed E-state index contributed by atoms with van der Waals surface area (Å²) in [5.41, 5.74) is 2.04. The first kappa shape index (κ1) is 20.1. The molecule has 0 unspecified atom stereocenters. The predicted octanol–water partition coefficient (Wildman–Crippen LogP) is 4.25. The van der Waals surface area contributed by atoms with Crippen LogP contribution in [0.3, 0.4) is 0 Å². The fraction of sp³-hybridized carbons (Fsp3) is 0.174. The lowest BCUT2D eigenvalue weighted by molar-refractivity contribution is 0.0782. The highest BCUT2D eigenvalue weighted by Gasteiger charge is 2.43. The summed E-state index contributed by atoms with van der Waals surface area (Å²) in [4.78, 5) is 14.5. The number of amides is 1. The van der Waals surface area contributed by atoms with E-state index in [1.807, 2.05) is 18.2 Å². The Labute approximate surface area is 175 Å². The molecule has 1 aliphatic carbocycles. The van der Waals surface area contributed by atoms with Crippen LogP contribution in [0.5, 0.6) is 0 Å². The van der Waals surface area contributed by atoms with E-state index in [1.54, 1.807) is 36.2 Å². The summed E-state index contributed by atoms with van der Waals surface area (Å²) in [6, 6.07) is 21.1. The van der Waals surface area contributed by atoms with Gasteiger partial charge in [-0.15, -0.1) is 0 Å². The zero-order chi connectivity index (χ0) is 21.3. The summed E-state index contributed by atoms with van der Waals surface area (Å²) in [5, 5.41) is 0. The number of nitrogens with one attached hydrogen (secondary N) is 1. The van der Waals surface area contributed by atoms with E-state index in [2.05, 4.69) is 16.9 Å². The maximum absolute atomic E-state index is 13.0. The Morgan fingerprint density at radius 1 is 0.967 bits per heavy atom. The molecule has 1 aliphatic rings. The Kier molecular flexibility index (Phi) is 5.30. The van der Waals surface area contributed by atoms with Gasteiger partial charge in [0, 0.05) is 30.3 Å². The van der Waals surface area contributed by atoms with Gasteiger partial charge in [0.1, 0.15) is 5.82 Å². The zero-order valence-corrected chi connectivity index (χ0v) is 17.1. The third-order valence-corrected chi connectivity index (χ3v) is 6.71. The SMILES string of the molecule is CN(C(=O)c1ccc(NS(=O)(=O)c2ccc(F)cc2)cc1)[C@H]1C[C@@H]1c1ccccc1. The molecule has 0 bridgehead atoms. The van der Waals surface area contributed by atoms with Crippen LogP contribution in [-0.2, 0) is 10.0 Å². The lowest BCUT2D eigenvalue weighted by atomic mass is 10.1. The summed E-state index contributed by atoms with van der Waals surface area (Å²) >= 11 is 0. The number of rotatable bonds is 6. The number of likely N-dealkylation sites (N-methyl/N-ethyl adjacent to an activating group) is 1. The minimum Gasteiger partial charge on any atom is -0.338 e. The molecule has 0 spiro atoms.